The topological polar surface area (TPSA) is 96.0 Å². The van der Waals surface area contributed by atoms with Crippen LogP contribution in [-0.4, -0.2) is 50.4 Å². The van der Waals surface area contributed by atoms with Crippen LogP contribution in [0.25, 0.3) is 0 Å². The number of nitrogens with zero attached hydrogens (tertiary/aromatic N) is 2. The molecule has 1 atom stereocenters. The number of sulfonamides is 1. The van der Waals surface area contributed by atoms with Gasteiger partial charge in [0.25, 0.3) is 10.0 Å². The fourth-order valence-electron chi connectivity index (χ4n) is 5.21. The van der Waals surface area contributed by atoms with Gasteiger partial charge in [0, 0.05) is 12.6 Å². The fourth-order valence-corrected chi connectivity index (χ4v) is 6.63. The van der Waals surface area contributed by atoms with Crippen molar-refractivity contribution in [3.63, 3.8) is 0 Å². The second-order valence-corrected chi connectivity index (χ2v) is 12.3. The average molecular weight is 614 g/mol. The van der Waals surface area contributed by atoms with E-state index < -0.39 is 40.2 Å². The number of anilines is 1. The number of hydrogen-bond acceptors (Lipinski definition) is 5. The van der Waals surface area contributed by atoms with Crippen LogP contribution < -0.4 is 14.4 Å². The number of halogens is 2. The maximum Gasteiger partial charge on any atom is 0.264 e. The zero-order valence-electron chi connectivity index (χ0n) is 24.3. The van der Waals surface area contributed by atoms with Gasteiger partial charge in [-0.3, -0.25) is 13.9 Å². The molecule has 1 saturated carbocycles. The number of carbonyl (C=O) groups is 2. The van der Waals surface area contributed by atoms with Crippen LogP contribution in [0.5, 0.6) is 5.75 Å². The van der Waals surface area contributed by atoms with Crippen molar-refractivity contribution in [2.45, 2.75) is 69.5 Å². The van der Waals surface area contributed by atoms with Crippen molar-refractivity contribution in [1.82, 2.24) is 10.2 Å². The molecule has 8 nitrogen and oxygen atoms in total. The van der Waals surface area contributed by atoms with Gasteiger partial charge in [0.2, 0.25) is 11.8 Å². The molecule has 0 saturated heterocycles. The van der Waals surface area contributed by atoms with Gasteiger partial charge in [0.05, 0.1) is 17.2 Å². The Kier molecular flexibility index (Phi) is 10.7. The molecular formula is C32H37F2N3O5S. The molecule has 0 unspecified atom stereocenters. The number of rotatable bonds is 13. The SMILES string of the molecule is CCOc1ccc(S(=O)(=O)N(CC(=O)N(Cc2ccc(F)cc2)[C@H](CC)C(=O)NC2CCCC2)c2ccc(F)cc2)cc1. The summed E-state index contributed by atoms with van der Waals surface area (Å²) in [6.07, 6.45) is 4.00. The van der Waals surface area contributed by atoms with Crippen molar-refractivity contribution < 1.29 is 31.5 Å². The third-order valence-electron chi connectivity index (χ3n) is 7.47. The molecule has 1 N–H and O–H groups in total. The zero-order chi connectivity index (χ0) is 31.0. The summed E-state index contributed by atoms with van der Waals surface area (Å²) >= 11 is 0. The van der Waals surface area contributed by atoms with Crippen molar-refractivity contribution in [3.8, 4) is 5.75 Å². The Balaban J connectivity index is 1.70. The van der Waals surface area contributed by atoms with E-state index in [2.05, 4.69) is 5.32 Å². The van der Waals surface area contributed by atoms with E-state index in [1.807, 2.05) is 6.92 Å². The average Bonchev–Trinajstić information content (AvgIpc) is 3.50. The van der Waals surface area contributed by atoms with E-state index in [0.29, 0.717) is 17.9 Å². The molecule has 0 aromatic heterocycles. The quantitative estimate of drug-likeness (QED) is 0.278. The summed E-state index contributed by atoms with van der Waals surface area (Å²) in [6, 6.07) is 15.2. The Hall–Kier alpha value is -3.99. The summed E-state index contributed by atoms with van der Waals surface area (Å²) in [7, 11) is -4.32. The van der Waals surface area contributed by atoms with E-state index in [9.17, 15) is 26.8 Å². The minimum Gasteiger partial charge on any atom is -0.494 e. The largest absolute Gasteiger partial charge is 0.494 e. The van der Waals surface area contributed by atoms with E-state index in [4.69, 9.17) is 4.74 Å². The molecule has 0 aliphatic heterocycles. The van der Waals surface area contributed by atoms with Gasteiger partial charge in [-0.1, -0.05) is 31.9 Å². The van der Waals surface area contributed by atoms with Crippen LogP contribution in [0.4, 0.5) is 14.5 Å². The lowest BCUT2D eigenvalue weighted by Gasteiger charge is -2.33. The lowest BCUT2D eigenvalue weighted by molar-refractivity contribution is -0.140. The van der Waals surface area contributed by atoms with E-state index >= 15 is 0 Å². The highest BCUT2D eigenvalue weighted by Gasteiger charge is 2.34. The van der Waals surface area contributed by atoms with Gasteiger partial charge in [-0.05, 0) is 92.4 Å². The van der Waals surface area contributed by atoms with E-state index in [0.717, 1.165) is 42.1 Å². The predicted molar refractivity (Wildman–Crippen MR) is 160 cm³/mol. The molecule has 1 aliphatic carbocycles. The first kappa shape index (κ1) is 31.9. The minimum atomic E-state index is -4.32. The van der Waals surface area contributed by atoms with Gasteiger partial charge in [-0.2, -0.15) is 0 Å². The molecule has 0 heterocycles. The number of carbonyl (C=O) groups excluding carboxylic acids is 2. The molecule has 4 rings (SSSR count). The lowest BCUT2D eigenvalue weighted by atomic mass is 10.1. The Morgan fingerprint density at radius 2 is 1.49 bits per heavy atom. The van der Waals surface area contributed by atoms with E-state index in [1.54, 1.807) is 6.92 Å². The van der Waals surface area contributed by atoms with Crippen LogP contribution in [0.1, 0.15) is 51.5 Å². The summed E-state index contributed by atoms with van der Waals surface area (Å²) in [5, 5.41) is 3.04. The van der Waals surface area contributed by atoms with Crippen LogP contribution >= 0.6 is 0 Å². The highest BCUT2D eigenvalue weighted by Crippen LogP contribution is 2.27. The summed E-state index contributed by atoms with van der Waals surface area (Å²) in [4.78, 5) is 28.8. The smallest absolute Gasteiger partial charge is 0.264 e. The lowest BCUT2D eigenvalue weighted by Crippen LogP contribution is -2.53. The molecule has 1 fully saturated rings. The summed E-state index contributed by atoms with van der Waals surface area (Å²) < 4.78 is 61.7. The Morgan fingerprint density at radius 1 is 0.907 bits per heavy atom. The van der Waals surface area contributed by atoms with Gasteiger partial charge in [0.15, 0.2) is 0 Å². The summed E-state index contributed by atoms with van der Waals surface area (Å²) in [5.41, 5.74) is 0.651. The summed E-state index contributed by atoms with van der Waals surface area (Å²) in [6.45, 7) is 3.28. The molecule has 3 aromatic rings. The highest BCUT2D eigenvalue weighted by molar-refractivity contribution is 7.92. The molecule has 230 valence electrons. The van der Waals surface area contributed by atoms with Crippen LogP contribution in [-0.2, 0) is 26.2 Å². The van der Waals surface area contributed by atoms with Crippen LogP contribution in [0.15, 0.2) is 77.7 Å². The number of benzene rings is 3. The minimum absolute atomic E-state index is 0.0140. The van der Waals surface area contributed by atoms with E-state index in [1.165, 1.54) is 65.6 Å². The first-order valence-electron chi connectivity index (χ1n) is 14.5. The molecule has 0 spiro atoms. The third-order valence-corrected chi connectivity index (χ3v) is 9.26. The highest BCUT2D eigenvalue weighted by atomic mass is 32.2. The van der Waals surface area contributed by atoms with Gasteiger partial charge in [0.1, 0.15) is 30.0 Å². The Morgan fingerprint density at radius 3 is 2.05 bits per heavy atom. The van der Waals surface area contributed by atoms with Gasteiger partial charge in [-0.15, -0.1) is 0 Å². The van der Waals surface area contributed by atoms with Gasteiger partial charge >= 0.3 is 0 Å². The fraction of sp³-hybridized carbons (Fsp3) is 0.375. The molecule has 11 heteroatoms. The molecule has 1 aliphatic rings. The first-order valence-corrected chi connectivity index (χ1v) is 15.9. The van der Waals surface area contributed by atoms with E-state index in [-0.39, 0.29) is 35.5 Å². The van der Waals surface area contributed by atoms with Gasteiger partial charge < -0.3 is 15.0 Å². The maximum atomic E-state index is 14.1. The van der Waals surface area contributed by atoms with Crippen LogP contribution in [0.3, 0.4) is 0 Å². The monoisotopic (exact) mass is 613 g/mol. The summed E-state index contributed by atoms with van der Waals surface area (Å²) in [5.74, 6) is -1.50. The standard InChI is InChI=1S/C32H37F2N3O5S/c1-3-30(32(39)35-26-7-5-6-8-26)36(21-23-9-11-24(33)12-10-23)31(38)22-37(27-15-13-25(34)14-16-27)43(40,41)29-19-17-28(18-20-29)42-4-2/h9-20,26,30H,3-8,21-22H2,1-2H3,(H,35,39)/t30-/m1/s1. The van der Waals surface area contributed by atoms with Crippen molar-refractivity contribution in [2.75, 3.05) is 17.5 Å². The van der Waals surface area contributed by atoms with Crippen LogP contribution in [0, 0.1) is 11.6 Å². The number of ether oxygens (including phenoxy) is 1. The Bertz CT molecular complexity index is 1480. The molecular weight excluding hydrogens is 576 g/mol. The number of amides is 2. The molecule has 2 amide bonds. The molecule has 3 aromatic carbocycles. The molecule has 0 bridgehead atoms. The Labute approximate surface area is 251 Å². The second kappa shape index (κ2) is 14.5. The van der Waals surface area contributed by atoms with Crippen molar-refractivity contribution in [2.24, 2.45) is 0 Å². The van der Waals surface area contributed by atoms with Crippen molar-refractivity contribution in [3.05, 3.63) is 90.0 Å². The predicted octanol–water partition coefficient (Wildman–Crippen LogP) is 5.43. The number of nitrogens with one attached hydrogen (secondary N) is 1. The van der Waals surface area contributed by atoms with Crippen molar-refractivity contribution >= 4 is 27.5 Å². The molecule has 43 heavy (non-hydrogen) atoms. The second-order valence-electron chi connectivity index (χ2n) is 10.5. The van der Waals surface area contributed by atoms with Gasteiger partial charge in [-0.25, -0.2) is 17.2 Å². The number of hydrogen-bond donors (Lipinski definition) is 1. The first-order chi connectivity index (χ1) is 20.6. The maximum absolute atomic E-state index is 14.1. The zero-order valence-corrected chi connectivity index (χ0v) is 25.2. The third kappa shape index (κ3) is 8.10. The molecule has 0 radical (unpaired) electrons. The van der Waals surface area contributed by atoms with Crippen LogP contribution in [0.2, 0.25) is 0 Å². The normalized spacial score (nSPS) is 14.2. The van der Waals surface area contributed by atoms with Crippen molar-refractivity contribution in [1.29, 1.82) is 0 Å².